The molecule has 2 aromatic carbocycles. The van der Waals surface area contributed by atoms with E-state index < -0.39 is 23.6 Å². The van der Waals surface area contributed by atoms with Crippen LogP contribution in [0.5, 0.6) is 0 Å². The molecule has 1 unspecified atom stereocenters. The molecule has 2 rings (SSSR count). The SMILES string of the molecule is Cc1ccc(F)cc1C(O)Cc1c(F)cccc1F. The first-order chi connectivity index (χ1) is 8.99. The Balaban J connectivity index is 2.31. The summed E-state index contributed by atoms with van der Waals surface area (Å²) < 4.78 is 40.1. The van der Waals surface area contributed by atoms with Gasteiger partial charge in [-0.3, -0.25) is 0 Å². The average molecular weight is 266 g/mol. The lowest BCUT2D eigenvalue weighted by atomic mass is 9.97. The molecule has 1 N–H and O–H groups in total. The topological polar surface area (TPSA) is 20.2 Å². The molecular formula is C15H13F3O. The molecule has 1 atom stereocenters. The Labute approximate surface area is 109 Å². The fourth-order valence-corrected chi connectivity index (χ4v) is 2.00. The zero-order valence-electron chi connectivity index (χ0n) is 10.3. The Morgan fingerprint density at radius 2 is 1.68 bits per heavy atom. The Morgan fingerprint density at radius 1 is 1.05 bits per heavy atom. The molecule has 1 nitrogen and oxygen atoms in total. The van der Waals surface area contributed by atoms with Crippen LogP contribution < -0.4 is 0 Å². The maximum Gasteiger partial charge on any atom is 0.129 e. The van der Waals surface area contributed by atoms with Crippen molar-refractivity contribution in [3.05, 3.63) is 70.5 Å². The first-order valence-electron chi connectivity index (χ1n) is 5.86. The summed E-state index contributed by atoms with van der Waals surface area (Å²) >= 11 is 0. The number of aliphatic hydroxyl groups excluding tert-OH is 1. The number of rotatable bonds is 3. The highest BCUT2D eigenvalue weighted by Gasteiger charge is 2.17. The Hall–Kier alpha value is -1.81. The van der Waals surface area contributed by atoms with Gasteiger partial charge in [-0.1, -0.05) is 12.1 Å². The fourth-order valence-electron chi connectivity index (χ4n) is 2.00. The second-order valence-electron chi connectivity index (χ2n) is 4.42. The van der Waals surface area contributed by atoms with Gasteiger partial charge in [0.05, 0.1) is 6.10 Å². The van der Waals surface area contributed by atoms with Crippen molar-refractivity contribution in [3.8, 4) is 0 Å². The number of hydrogen-bond donors (Lipinski definition) is 1. The third kappa shape index (κ3) is 2.96. The van der Waals surface area contributed by atoms with Gasteiger partial charge in [-0.25, -0.2) is 13.2 Å². The van der Waals surface area contributed by atoms with Gasteiger partial charge in [0.2, 0.25) is 0 Å². The van der Waals surface area contributed by atoms with Crippen molar-refractivity contribution >= 4 is 0 Å². The van der Waals surface area contributed by atoms with E-state index in [9.17, 15) is 18.3 Å². The molecule has 0 spiro atoms. The standard InChI is InChI=1S/C15H13F3O/c1-9-5-6-10(16)7-11(9)15(19)8-12-13(17)3-2-4-14(12)18/h2-7,15,19H,8H2,1H3. The lowest BCUT2D eigenvalue weighted by Crippen LogP contribution is -2.07. The van der Waals surface area contributed by atoms with E-state index in [2.05, 4.69) is 0 Å². The molecule has 2 aromatic rings. The molecule has 0 aromatic heterocycles. The van der Waals surface area contributed by atoms with Crippen molar-refractivity contribution < 1.29 is 18.3 Å². The summed E-state index contributed by atoms with van der Waals surface area (Å²) in [6.45, 7) is 1.70. The third-order valence-electron chi connectivity index (χ3n) is 3.06. The van der Waals surface area contributed by atoms with E-state index >= 15 is 0 Å². The van der Waals surface area contributed by atoms with Crippen LogP contribution in [0, 0.1) is 24.4 Å². The van der Waals surface area contributed by atoms with Crippen LogP contribution in [0.3, 0.4) is 0 Å². The zero-order valence-corrected chi connectivity index (χ0v) is 10.3. The normalized spacial score (nSPS) is 12.5. The summed E-state index contributed by atoms with van der Waals surface area (Å²) in [4.78, 5) is 0. The quantitative estimate of drug-likeness (QED) is 0.898. The van der Waals surface area contributed by atoms with Crippen molar-refractivity contribution in [2.45, 2.75) is 19.4 Å². The highest BCUT2D eigenvalue weighted by Crippen LogP contribution is 2.25. The van der Waals surface area contributed by atoms with E-state index in [1.165, 1.54) is 24.3 Å². The summed E-state index contributed by atoms with van der Waals surface area (Å²) in [5.74, 6) is -1.92. The van der Waals surface area contributed by atoms with E-state index in [1.807, 2.05) is 0 Å². The van der Waals surface area contributed by atoms with Crippen LogP contribution in [0.25, 0.3) is 0 Å². The second kappa shape index (κ2) is 5.45. The molecule has 0 heterocycles. The summed E-state index contributed by atoms with van der Waals surface area (Å²) in [7, 11) is 0. The van der Waals surface area contributed by atoms with Crippen molar-refractivity contribution in [2.75, 3.05) is 0 Å². The van der Waals surface area contributed by atoms with Crippen molar-refractivity contribution in [3.63, 3.8) is 0 Å². The maximum atomic E-state index is 13.5. The Kier molecular flexibility index (Phi) is 3.90. The number of aliphatic hydroxyl groups is 1. The van der Waals surface area contributed by atoms with E-state index in [0.29, 0.717) is 11.1 Å². The molecule has 0 aliphatic heterocycles. The van der Waals surface area contributed by atoms with Crippen molar-refractivity contribution in [2.24, 2.45) is 0 Å². The van der Waals surface area contributed by atoms with Gasteiger partial charge in [-0.2, -0.15) is 0 Å². The highest BCUT2D eigenvalue weighted by atomic mass is 19.1. The first-order valence-corrected chi connectivity index (χ1v) is 5.86. The van der Waals surface area contributed by atoms with E-state index in [-0.39, 0.29) is 12.0 Å². The molecule has 19 heavy (non-hydrogen) atoms. The minimum Gasteiger partial charge on any atom is -0.388 e. The number of hydrogen-bond acceptors (Lipinski definition) is 1. The summed E-state index contributed by atoms with van der Waals surface area (Å²) in [5, 5.41) is 10.0. The summed E-state index contributed by atoms with van der Waals surface area (Å²) in [6.07, 6.45) is -1.38. The molecular weight excluding hydrogens is 253 g/mol. The lowest BCUT2D eigenvalue weighted by molar-refractivity contribution is 0.174. The van der Waals surface area contributed by atoms with Crippen molar-refractivity contribution in [1.29, 1.82) is 0 Å². The van der Waals surface area contributed by atoms with Gasteiger partial charge >= 0.3 is 0 Å². The van der Waals surface area contributed by atoms with Gasteiger partial charge in [-0.15, -0.1) is 0 Å². The van der Waals surface area contributed by atoms with Crippen LogP contribution >= 0.6 is 0 Å². The van der Waals surface area contributed by atoms with Crippen LogP contribution in [0.4, 0.5) is 13.2 Å². The Morgan fingerprint density at radius 3 is 2.32 bits per heavy atom. The number of halogens is 3. The van der Waals surface area contributed by atoms with Crippen LogP contribution in [0.2, 0.25) is 0 Å². The van der Waals surface area contributed by atoms with Crippen LogP contribution in [-0.4, -0.2) is 5.11 Å². The molecule has 0 amide bonds. The van der Waals surface area contributed by atoms with Gasteiger partial charge < -0.3 is 5.11 Å². The molecule has 0 saturated carbocycles. The van der Waals surface area contributed by atoms with Gasteiger partial charge in [0, 0.05) is 12.0 Å². The average Bonchev–Trinajstić information content (AvgIpc) is 2.37. The number of benzene rings is 2. The van der Waals surface area contributed by atoms with E-state index in [0.717, 1.165) is 12.1 Å². The summed E-state index contributed by atoms with van der Waals surface area (Å²) in [6, 6.07) is 7.49. The van der Waals surface area contributed by atoms with Crippen LogP contribution in [0.1, 0.15) is 22.8 Å². The molecule has 0 saturated heterocycles. The molecule has 0 bridgehead atoms. The molecule has 100 valence electrons. The van der Waals surface area contributed by atoms with Gasteiger partial charge in [-0.05, 0) is 42.3 Å². The largest absolute Gasteiger partial charge is 0.388 e. The molecule has 0 aliphatic rings. The molecule has 0 radical (unpaired) electrons. The smallest absolute Gasteiger partial charge is 0.129 e. The maximum absolute atomic E-state index is 13.5. The van der Waals surface area contributed by atoms with Crippen LogP contribution in [0.15, 0.2) is 36.4 Å². The highest BCUT2D eigenvalue weighted by molar-refractivity contribution is 5.31. The lowest BCUT2D eigenvalue weighted by Gasteiger charge is -2.15. The minimum atomic E-state index is -1.15. The second-order valence-corrected chi connectivity index (χ2v) is 4.42. The molecule has 0 aliphatic carbocycles. The van der Waals surface area contributed by atoms with Gasteiger partial charge in [0.15, 0.2) is 0 Å². The van der Waals surface area contributed by atoms with E-state index in [4.69, 9.17) is 0 Å². The molecule has 0 fully saturated rings. The van der Waals surface area contributed by atoms with E-state index in [1.54, 1.807) is 6.92 Å². The Bertz CT molecular complexity index is 576. The van der Waals surface area contributed by atoms with Crippen molar-refractivity contribution in [1.82, 2.24) is 0 Å². The third-order valence-corrected chi connectivity index (χ3v) is 3.06. The minimum absolute atomic E-state index is 0.196. The predicted molar refractivity (Wildman–Crippen MR) is 66.2 cm³/mol. The predicted octanol–water partition coefficient (Wildman–Crippen LogP) is 3.69. The monoisotopic (exact) mass is 266 g/mol. The molecule has 4 heteroatoms. The summed E-state index contributed by atoms with van der Waals surface area (Å²) in [5.41, 5.74) is 0.812. The fraction of sp³-hybridized carbons (Fsp3) is 0.200. The number of aryl methyl sites for hydroxylation is 1. The van der Waals surface area contributed by atoms with Crippen LogP contribution in [-0.2, 0) is 6.42 Å². The van der Waals surface area contributed by atoms with Gasteiger partial charge in [0.25, 0.3) is 0 Å². The van der Waals surface area contributed by atoms with Gasteiger partial charge in [0.1, 0.15) is 17.5 Å². The first kappa shape index (κ1) is 13.6. The zero-order chi connectivity index (χ0) is 14.0.